The Bertz CT molecular complexity index is 861. The van der Waals surface area contributed by atoms with Gasteiger partial charge in [-0.05, 0) is 56.0 Å². The van der Waals surface area contributed by atoms with Crippen LogP contribution in [0, 0.1) is 5.82 Å². The fourth-order valence-electron chi connectivity index (χ4n) is 3.88. The molecule has 3 heterocycles. The first-order valence-electron chi connectivity index (χ1n) is 10.2. The quantitative estimate of drug-likeness (QED) is 0.837. The third-order valence-corrected chi connectivity index (χ3v) is 5.55. The van der Waals surface area contributed by atoms with E-state index in [4.69, 9.17) is 4.74 Å². The van der Waals surface area contributed by atoms with Gasteiger partial charge in [-0.1, -0.05) is 12.1 Å². The number of allylic oxidation sites excluding steroid dienone is 1. The molecule has 0 aliphatic carbocycles. The van der Waals surface area contributed by atoms with Gasteiger partial charge in [0.2, 0.25) is 0 Å². The number of amides is 1. The van der Waals surface area contributed by atoms with Crippen LogP contribution in [-0.2, 0) is 4.74 Å². The van der Waals surface area contributed by atoms with E-state index in [2.05, 4.69) is 21.3 Å². The lowest BCUT2D eigenvalue weighted by atomic mass is 10.0. The van der Waals surface area contributed by atoms with E-state index in [0.717, 1.165) is 45.3 Å². The maximum Gasteiger partial charge on any atom is 0.253 e. The number of carbonyl (C=O) groups is 1. The van der Waals surface area contributed by atoms with Gasteiger partial charge in [-0.15, -0.1) is 0 Å². The van der Waals surface area contributed by atoms with Crippen molar-refractivity contribution in [3.8, 4) is 11.3 Å². The van der Waals surface area contributed by atoms with Gasteiger partial charge in [-0.3, -0.25) is 14.7 Å². The number of hydrogen-bond acceptors (Lipinski definition) is 4. The molecule has 1 fully saturated rings. The Morgan fingerprint density at radius 1 is 1.21 bits per heavy atom. The van der Waals surface area contributed by atoms with Crippen LogP contribution in [0.3, 0.4) is 0 Å². The number of benzene rings is 1. The highest BCUT2D eigenvalue weighted by Gasteiger charge is 2.24. The summed E-state index contributed by atoms with van der Waals surface area (Å²) in [5, 5.41) is 3.12. The van der Waals surface area contributed by atoms with Crippen molar-refractivity contribution in [3.05, 3.63) is 66.3 Å². The zero-order valence-electron chi connectivity index (χ0n) is 16.4. The van der Waals surface area contributed by atoms with E-state index < -0.39 is 0 Å². The second-order valence-corrected chi connectivity index (χ2v) is 7.70. The van der Waals surface area contributed by atoms with Crippen molar-refractivity contribution in [2.45, 2.75) is 37.8 Å². The summed E-state index contributed by atoms with van der Waals surface area (Å²) in [6.45, 7) is 2.88. The standard InChI is InChI=1S/C23H26FN3O2/c24-19-5-3-4-17(14-19)22-8-7-18(15-25-22)23(28)26-20-9-11-27(12-10-20)16-21-6-1-2-13-29-21/h2-5,7-8,13-15,20-21H,1,6,9-12,16H2,(H,26,28). The molecule has 2 aliphatic heterocycles. The molecule has 1 saturated heterocycles. The molecule has 0 radical (unpaired) electrons. The number of likely N-dealkylation sites (tertiary alicyclic amines) is 1. The smallest absolute Gasteiger partial charge is 0.253 e. The molecule has 29 heavy (non-hydrogen) atoms. The lowest BCUT2D eigenvalue weighted by Gasteiger charge is -2.34. The van der Waals surface area contributed by atoms with Crippen molar-refractivity contribution < 1.29 is 13.9 Å². The summed E-state index contributed by atoms with van der Waals surface area (Å²) in [4.78, 5) is 19.3. The van der Waals surface area contributed by atoms with E-state index >= 15 is 0 Å². The molecule has 1 unspecified atom stereocenters. The van der Waals surface area contributed by atoms with Crippen LogP contribution in [0.15, 0.2) is 54.9 Å². The van der Waals surface area contributed by atoms with E-state index in [1.54, 1.807) is 30.5 Å². The fourth-order valence-corrected chi connectivity index (χ4v) is 3.88. The Kier molecular flexibility index (Phi) is 6.20. The highest BCUT2D eigenvalue weighted by molar-refractivity contribution is 5.94. The number of pyridine rings is 1. The summed E-state index contributed by atoms with van der Waals surface area (Å²) in [7, 11) is 0. The second-order valence-electron chi connectivity index (χ2n) is 7.70. The van der Waals surface area contributed by atoms with E-state index in [1.165, 1.54) is 12.1 Å². The molecule has 152 valence electrons. The Morgan fingerprint density at radius 3 is 2.76 bits per heavy atom. The number of halogens is 1. The Morgan fingerprint density at radius 2 is 2.07 bits per heavy atom. The number of ether oxygens (including phenoxy) is 1. The average molecular weight is 395 g/mol. The molecule has 1 aromatic heterocycles. The number of nitrogens with one attached hydrogen (secondary N) is 1. The van der Waals surface area contributed by atoms with Crippen molar-refractivity contribution >= 4 is 5.91 Å². The van der Waals surface area contributed by atoms with Crippen LogP contribution >= 0.6 is 0 Å². The van der Waals surface area contributed by atoms with Crippen LogP contribution in [0.5, 0.6) is 0 Å². The molecule has 5 nitrogen and oxygen atoms in total. The minimum Gasteiger partial charge on any atom is -0.497 e. The second kappa shape index (κ2) is 9.18. The molecule has 1 amide bonds. The van der Waals surface area contributed by atoms with Crippen molar-refractivity contribution in [2.24, 2.45) is 0 Å². The van der Waals surface area contributed by atoms with Crippen LogP contribution in [-0.4, -0.2) is 47.6 Å². The van der Waals surface area contributed by atoms with Gasteiger partial charge >= 0.3 is 0 Å². The molecule has 6 heteroatoms. The summed E-state index contributed by atoms with van der Waals surface area (Å²) in [5.41, 5.74) is 1.87. The number of nitrogens with zero attached hydrogens (tertiary/aromatic N) is 2. The predicted octanol–water partition coefficient (Wildman–Crippen LogP) is 3.77. The van der Waals surface area contributed by atoms with E-state index in [1.807, 2.05) is 6.26 Å². The normalized spacial score (nSPS) is 20.2. The van der Waals surface area contributed by atoms with Crippen molar-refractivity contribution in [1.29, 1.82) is 0 Å². The molecule has 0 bridgehead atoms. The molecular formula is C23H26FN3O2. The lowest BCUT2D eigenvalue weighted by Crippen LogP contribution is -2.46. The Hall–Kier alpha value is -2.73. The SMILES string of the molecule is O=C(NC1CCN(CC2CCC=CO2)CC1)c1ccc(-c2cccc(F)c2)nc1. The number of aromatic nitrogens is 1. The molecule has 1 aromatic carbocycles. The van der Waals surface area contributed by atoms with Crippen molar-refractivity contribution in [2.75, 3.05) is 19.6 Å². The monoisotopic (exact) mass is 395 g/mol. The van der Waals surface area contributed by atoms with Gasteiger partial charge in [-0.2, -0.15) is 0 Å². The number of hydrogen-bond donors (Lipinski definition) is 1. The van der Waals surface area contributed by atoms with Crippen molar-refractivity contribution in [1.82, 2.24) is 15.2 Å². The first-order chi connectivity index (χ1) is 14.2. The van der Waals surface area contributed by atoms with Crippen LogP contribution in [0.4, 0.5) is 4.39 Å². The van der Waals surface area contributed by atoms with Gasteiger partial charge in [0.15, 0.2) is 0 Å². The van der Waals surface area contributed by atoms with Crippen LogP contribution < -0.4 is 5.32 Å². The summed E-state index contributed by atoms with van der Waals surface area (Å²) in [6, 6.07) is 9.95. The highest BCUT2D eigenvalue weighted by atomic mass is 19.1. The van der Waals surface area contributed by atoms with E-state index in [-0.39, 0.29) is 23.9 Å². The van der Waals surface area contributed by atoms with Gasteiger partial charge in [0.25, 0.3) is 5.91 Å². The molecule has 0 saturated carbocycles. The fraction of sp³-hybridized carbons (Fsp3) is 0.391. The Balaban J connectivity index is 1.27. The molecule has 2 aromatic rings. The van der Waals surface area contributed by atoms with E-state index in [9.17, 15) is 9.18 Å². The number of carbonyl (C=O) groups excluding carboxylic acids is 1. The average Bonchev–Trinajstić information content (AvgIpc) is 2.76. The molecule has 1 atom stereocenters. The third-order valence-electron chi connectivity index (χ3n) is 5.55. The van der Waals surface area contributed by atoms with Crippen LogP contribution in [0.2, 0.25) is 0 Å². The minimum atomic E-state index is -0.302. The summed E-state index contributed by atoms with van der Waals surface area (Å²) in [6.07, 6.45) is 9.75. The summed E-state index contributed by atoms with van der Waals surface area (Å²) in [5.74, 6) is -0.411. The third kappa shape index (κ3) is 5.21. The van der Waals surface area contributed by atoms with Gasteiger partial charge < -0.3 is 10.1 Å². The van der Waals surface area contributed by atoms with Crippen LogP contribution in [0.25, 0.3) is 11.3 Å². The largest absolute Gasteiger partial charge is 0.497 e. The predicted molar refractivity (Wildman–Crippen MR) is 110 cm³/mol. The summed E-state index contributed by atoms with van der Waals surface area (Å²) < 4.78 is 19.0. The molecule has 1 N–H and O–H groups in total. The maximum atomic E-state index is 13.4. The van der Waals surface area contributed by atoms with Crippen LogP contribution in [0.1, 0.15) is 36.0 Å². The maximum absolute atomic E-state index is 13.4. The van der Waals surface area contributed by atoms with Gasteiger partial charge in [0, 0.05) is 37.4 Å². The summed E-state index contributed by atoms with van der Waals surface area (Å²) >= 11 is 0. The topological polar surface area (TPSA) is 54.5 Å². The first-order valence-corrected chi connectivity index (χ1v) is 10.2. The minimum absolute atomic E-state index is 0.109. The molecule has 0 spiro atoms. The van der Waals surface area contributed by atoms with Gasteiger partial charge in [0.05, 0.1) is 17.5 Å². The number of piperidine rings is 1. The molecular weight excluding hydrogens is 369 g/mol. The van der Waals surface area contributed by atoms with Gasteiger partial charge in [0.1, 0.15) is 11.9 Å². The van der Waals surface area contributed by atoms with Crippen molar-refractivity contribution in [3.63, 3.8) is 0 Å². The number of rotatable bonds is 5. The molecule has 4 rings (SSSR count). The zero-order chi connectivity index (χ0) is 20.1. The zero-order valence-corrected chi connectivity index (χ0v) is 16.4. The van der Waals surface area contributed by atoms with Gasteiger partial charge in [-0.25, -0.2) is 4.39 Å². The molecule has 2 aliphatic rings. The highest BCUT2D eigenvalue weighted by Crippen LogP contribution is 2.19. The first kappa shape index (κ1) is 19.6. The Labute approximate surface area is 170 Å². The van der Waals surface area contributed by atoms with E-state index in [0.29, 0.717) is 16.8 Å². The lowest BCUT2D eigenvalue weighted by molar-refractivity contribution is 0.0648.